The van der Waals surface area contributed by atoms with Gasteiger partial charge >= 0.3 is 0 Å². The Kier molecular flexibility index (Phi) is 4.52. The molecule has 5 nitrogen and oxygen atoms in total. The van der Waals surface area contributed by atoms with Crippen LogP contribution in [0.4, 0.5) is 0 Å². The third-order valence-electron chi connectivity index (χ3n) is 3.15. The zero-order valence-electron chi connectivity index (χ0n) is 11.0. The van der Waals surface area contributed by atoms with E-state index in [1.165, 1.54) is 0 Å². The molecule has 102 valence electrons. The largest absolute Gasteiger partial charge is 0.383 e. The second kappa shape index (κ2) is 6.33. The van der Waals surface area contributed by atoms with Gasteiger partial charge in [-0.2, -0.15) is 0 Å². The molecule has 0 saturated carbocycles. The minimum atomic E-state index is -0.148. The van der Waals surface area contributed by atoms with E-state index in [9.17, 15) is 9.59 Å². The molecule has 0 atom stereocenters. The second-order valence-corrected chi connectivity index (χ2v) is 4.48. The molecule has 1 aliphatic rings. The number of nitrogens with zero attached hydrogens (tertiary/aromatic N) is 1. The Morgan fingerprint density at radius 3 is 3.00 bits per heavy atom. The Morgan fingerprint density at radius 2 is 2.21 bits per heavy atom. The van der Waals surface area contributed by atoms with Gasteiger partial charge < -0.3 is 15.0 Å². The highest BCUT2D eigenvalue weighted by atomic mass is 16.5. The van der Waals surface area contributed by atoms with Gasteiger partial charge in [-0.1, -0.05) is 18.2 Å². The van der Waals surface area contributed by atoms with E-state index in [0.29, 0.717) is 25.3 Å². The van der Waals surface area contributed by atoms with Gasteiger partial charge in [0.2, 0.25) is 5.91 Å². The summed E-state index contributed by atoms with van der Waals surface area (Å²) in [5.74, 6) is -0.214. The molecule has 0 spiro atoms. The molecule has 1 N–H and O–H groups in total. The number of carbonyl (C=O) groups is 2. The van der Waals surface area contributed by atoms with E-state index in [-0.39, 0.29) is 18.4 Å². The van der Waals surface area contributed by atoms with Crippen molar-refractivity contribution < 1.29 is 14.3 Å². The van der Waals surface area contributed by atoms with E-state index in [0.717, 1.165) is 12.0 Å². The number of amides is 2. The van der Waals surface area contributed by atoms with Crippen LogP contribution in [0.25, 0.3) is 0 Å². The van der Waals surface area contributed by atoms with Crippen molar-refractivity contribution in [2.75, 3.05) is 33.4 Å². The predicted octanol–water partition coefficient (Wildman–Crippen LogP) is 0.448. The van der Waals surface area contributed by atoms with Gasteiger partial charge in [0.1, 0.15) is 0 Å². The molecular weight excluding hydrogens is 244 g/mol. The van der Waals surface area contributed by atoms with Crippen LogP contribution in [0, 0.1) is 0 Å². The van der Waals surface area contributed by atoms with Gasteiger partial charge in [0.15, 0.2) is 0 Å². The maximum absolute atomic E-state index is 12.2. The Balaban J connectivity index is 1.93. The Bertz CT molecular complexity index is 474. The van der Waals surface area contributed by atoms with Crippen LogP contribution < -0.4 is 5.32 Å². The van der Waals surface area contributed by atoms with Crippen LogP contribution in [-0.4, -0.2) is 50.1 Å². The molecule has 5 heteroatoms. The molecule has 1 heterocycles. The normalized spacial score (nSPS) is 14.2. The van der Waals surface area contributed by atoms with Crippen LogP contribution in [0.15, 0.2) is 24.3 Å². The van der Waals surface area contributed by atoms with Crippen LogP contribution in [0.5, 0.6) is 0 Å². The van der Waals surface area contributed by atoms with E-state index in [4.69, 9.17) is 4.74 Å². The smallest absolute Gasteiger partial charge is 0.254 e. The van der Waals surface area contributed by atoms with Crippen LogP contribution in [0.3, 0.4) is 0 Å². The van der Waals surface area contributed by atoms with E-state index >= 15 is 0 Å². The standard InChI is InChI=1S/C14H18N2O3/c1-19-9-7-15-13(17)10-16-8-6-11-4-2-3-5-12(11)14(16)18/h2-5H,6-10H2,1H3,(H,15,17). The molecule has 1 aliphatic heterocycles. The summed E-state index contributed by atoms with van der Waals surface area (Å²) >= 11 is 0. The summed E-state index contributed by atoms with van der Waals surface area (Å²) in [7, 11) is 1.58. The molecule has 2 rings (SSSR count). The lowest BCUT2D eigenvalue weighted by atomic mass is 9.99. The first-order chi connectivity index (χ1) is 9.22. The average molecular weight is 262 g/mol. The van der Waals surface area contributed by atoms with E-state index in [1.54, 1.807) is 12.0 Å². The number of fused-ring (bicyclic) bond motifs is 1. The fourth-order valence-corrected chi connectivity index (χ4v) is 2.15. The Labute approximate surface area is 112 Å². The highest BCUT2D eigenvalue weighted by Crippen LogP contribution is 2.17. The maximum Gasteiger partial charge on any atom is 0.254 e. The first kappa shape index (κ1) is 13.5. The number of hydrogen-bond donors (Lipinski definition) is 1. The monoisotopic (exact) mass is 262 g/mol. The van der Waals surface area contributed by atoms with Crippen molar-refractivity contribution in [2.24, 2.45) is 0 Å². The van der Waals surface area contributed by atoms with Crippen molar-refractivity contribution in [2.45, 2.75) is 6.42 Å². The maximum atomic E-state index is 12.2. The summed E-state index contributed by atoms with van der Waals surface area (Å²) in [4.78, 5) is 25.5. The molecule has 0 unspecified atom stereocenters. The van der Waals surface area contributed by atoms with Gasteiger partial charge in [0, 0.05) is 25.8 Å². The molecule has 0 saturated heterocycles. The summed E-state index contributed by atoms with van der Waals surface area (Å²) in [5.41, 5.74) is 1.77. The fraction of sp³-hybridized carbons (Fsp3) is 0.429. The predicted molar refractivity (Wildman–Crippen MR) is 70.9 cm³/mol. The summed E-state index contributed by atoms with van der Waals surface area (Å²) in [6, 6.07) is 7.55. The van der Waals surface area contributed by atoms with Crippen LogP contribution in [0.1, 0.15) is 15.9 Å². The van der Waals surface area contributed by atoms with Gasteiger partial charge in [-0.15, -0.1) is 0 Å². The zero-order valence-corrected chi connectivity index (χ0v) is 11.0. The summed E-state index contributed by atoms with van der Waals surface area (Å²) in [6.45, 7) is 1.64. The molecule has 0 fully saturated rings. The van der Waals surface area contributed by atoms with Crippen molar-refractivity contribution in [1.29, 1.82) is 0 Å². The highest BCUT2D eigenvalue weighted by molar-refractivity contribution is 5.98. The SMILES string of the molecule is COCCNC(=O)CN1CCc2ccccc2C1=O. The summed E-state index contributed by atoms with van der Waals surface area (Å²) in [6.07, 6.45) is 0.799. The quantitative estimate of drug-likeness (QED) is 0.784. The number of ether oxygens (including phenoxy) is 1. The lowest BCUT2D eigenvalue weighted by molar-refractivity contribution is -0.122. The number of rotatable bonds is 5. The molecule has 0 aliphatic carbocycles. The first-order valence-corrected chi connectivity index (χ1v) is 6.35. The molecule has 1 aromatic rings. The van der Waals surface area contributed by atoms with Crippen molar-refractivity contribution in [3.63, 3.8) is 0 Å². The third-order valence-corrected chi connectivity index (χ3v) is 3.15. The van der Waals surface area contributed by atoms with E-state index < -0.39 is 0 Å². The van der Waals surface area contributed by atoms with Crippen molar-refractivity contribution in [3.05, 3.63) is 35.4 Å². The van der Waals surface area contributed by atoms with Crippen LogP contribution in [-0.2, 0) is 16.0 Å². The van der Waals surface area contributed by atoms with Gasteiger partial charge in [0.05, 0.1) is 13.2 Å². The first-order valence-electron chi connectivity index (χ1n) is 6.35. The van der Waals surface area contributed by atoms with Gasteiger partial charge in [-0.25, -0.2) is 0 Å². The van der Waals surface area contributed by atoms with Crippen molar-refractivity contribution in [3.8, 4) is 0 Å². The number of carbonyl (C=O) groups excluding carboxylic acids is 2. The van der Waals surface area contributed by atoms with Crippen LogP contribution >= 0.6 is 0 Å². The lowest BCUT2D eigenvalue weighted by Gasteiger charge is -2.27. The van der Waals surface area contributed by atoms with Crippen molar-refractivity contribution in [1.82, 2.24) is 10.2 Å². The fourth-order valence-electron chi connectivity index (χ4n) is 2.15. The van der Waals surface area contributed by atoms with Crippen molar-refractivity contribution >= 4 is 11.8 Å². The summed E-state index contributed by atoms with van der Waals surface area (Å²) < 4.78 is 4.85. The van der Waals surface area contributed by atoms with Gasteiger partial charge in [-0.3, -0.25) is 9.59 Å². The van der Waals surface area contributed by atoms with Crippen LogP contribution in [0.2, 0.25) is 0 Å². The summed E-state index contributed by atoms with van der Waals surface area (Å²) in [5, 5.41) is 2.72. The molecule has 1 aromatic carbocycles. The number of methoxy groups -OCH3 is 1. The van der Waals surface area contributed by atoms with E-state index in [1.807, 2.05) is 24.3 Å². The molecule has 0 radical (unpaired) electrons. The van der Waals surface area contributed by atoms with E-state index in [2.05, 4.69) is 5.32 Å². The molecule has 19 heavy (non-hydrogen) atoms. The number of benzene rings is 1. The number of hydrogen-bond acceptors (Lipinski definition) is 3. The van der Waals surface area contributed by atoms with Gasteiger partial charge in [0.25, 0.3) is 5.91 Å². The Hall–Kier alpha value is -1.88. The molecule has 2 amide bonds. The minimum Gasteiger partial charge on any atom is -0.383 e. The lowest BCUT2D eigenvalue weighted by Crippen LogP contribution is -2.44. The molecule has 0 aromatic heterocycles. The van der Waals surface area contributed by atoms with Gasteiger partial charge in [-0.05, 0) is 18.1 Å². The Morgan fingerprint density at radius 1 is 1.42 bits per heavy atom. The third kappa shape index (κ3) is 3.32. The minimum absolute atomic E-state index is 0.0660. The zero-order chi connectivity index (χ0) is 13.7. The highest BCUT2D eigenvalue weighted by Gasteiger charge is 2.25. The molecular formula is C14H18N2O3. The second-order valence-electron chi connectivity index (χ2n) is 4.48. The average Bonchev–Trinajstić information content (AvgIpc) is 2.43. The molecule has 0 bridgehead atoms. The number of nitrogens with one attached hydrogen (secondary N) is 1. The topological polar surface area (TPSA) is 58.6 Å².